The van der Waals surface area contributed by atoms with E-state index in [9.17, 15) is 4.79 Å². The maximum atomic E-state index is 12.0. The smallest absolute Gasteiger partial charge is 0.233 e. The van der Waals surface area contributed by atoms with Crippen LogP contribution in [0.5, 0.6) is 11.5 Å². The van der Waals surface area contributed by atoms with Crippen molar-refractivity contribution in [3.63, 3.8) is 0 Å². The van der Waals surface area contributed by atoms with Gasteiger partial charge in [0.2, 0.25) is 5.91 Å². The third-order valence-corrected chi connectivity index (χ3v) is 5.89. The van der Waals surface area contributed by atoms with Gasteiger partial charge in [-0.3, -0.25) is 9.36 Å². The minimum atomic E-state index is -0.339. The lowest BCUT2D eigenvalue weighted by molar-refractivity contribution is -0.119. The number of nitrogens with zero attached hydrogens (tertiary/aromatic N) is 3. The summed E-state index contributed by atoms with van der Waals surface area (Å²) in [4.78, 5) is 12.0. The Hall–Kier alpha value is -2.71. The van der Waals surface area contributed by atoms with E-state index >= 15 is 0 Å². The van der Waals surface area contributed by atoms with Crippen molar-refractivity contribution in [2.45, 2.75) is 30.9 Å². The van der Waals surface area contributed by atoms with Crippen molar-refractivity contribution < 1.29 is 14.3 Å². The van der Waals surface area contributed by atoms with Crippen LogP contribution in [0.25, 0.3) is 5.69 Å². The molecule has 0 aliphatic carbocycles. The fourth-order valence-electron chi connectivity index (χ4n) is 2.69. The molecule has 9 heteroatoms. The van der Waals surface area contributed by atoms with Gasteiger partial charge in [-0.1, -0.05) is 29.4 Å². The number of halogens is 1. The number of rotatable bonds is 8. The van der Waals surface area contributed by atoms with Crippen LogP contribution in [-0.4, -0.2) is 40.1 Å². The van der Waals surface area contributed by atoms with Crippen molar-refractivity contribution in [3.8, 4) is 17.2 Å². The molecule has 3 rings (SSSR count). The number of carbonyl (C=O) groups excluding carboxylic acids is 1. The van der Waals surface area contributed by atoms with E-state index in [1.807, 2.05) is 60.9 Å². The van der Waals surface area contributed by atoms with Crippen molar-refractivity contribution in [2.75, 3.05) is 14.2 Å². The summed E-state index contributed by atoms with van der Waals surface area (Å²) >= 11 is 7.66. The lowest BCUT2D eigenvalue weighted by Gasteiger charge is -2.14. The van der Waals surface area contributed by atoms with Gasteiger partial charge < -0.3 is 14.8 Å². The maximum absolute atomic E-state index is 12.0. The van der Waals surface area contributed by atoms with E-state index < -0.39 is 0 Å². The summed E-state index contributed by atoms with van der Waals surface area (Å²) in [6.07, 6.45) is 0. The molecular weight excluding hydrogens is 424 g/mol. The van der Waals surface area contributed by atoms with Crippen LogP contribution < -0.4 is 14.8 Å². The Bertz CT molecular complexity index is 1020. The zero-order valence-corrected chi connectivity index (χ0v) is 18.8. The molecule has 1 N–H and O–H groups in total. The van der Waals surface area contributed by atoms with Crippen LogP contribution in [-0.2, 0) is 11.4 Å². The highest BCUT2D eigenvalue weighted by Gasteiger charge is 2.21. The molecule has 0 saturated carbocycles. The van der Waals surface area contributed by atoms with Gasteiger partial charge in [-0.2, -0.15) is 0 Å². The van der Waals surface area contributed by atoms with Gasteiger partial charge in [0.25, 0.3) is 0 Å². The third-order valence-electron chi connectivity index (χ3n) is 4.44. The zero-order chi connectivity index (χ0) is 21.7. The zero-order valence-electron chi connectivity index (χ0n) is 17.2. The quantitative estimate of drug-likeness (QED) is 0.526. The average Bonchev–Trinajstić information content (AvgIpc) is 3.16. The highest BCUT2D eigenvalue weighted by molar-refractivity contribution is 8.00. The fraction of sp³-hybridized carbons (Fsp3) is 0.286. The number of ether oxygens (including phenoxy) is 2. The number of nitrogens with one attached hydrogen (secondary N) is 1. The van der Waals surface area contributed by atoms with Gasteiger partial charge in [0, 0.05) is 12.1 Å². The second-order valence-electron chi connectivity index (χ2n) is 6.51. The standard InChI is InChI=1S/C21H23ClN4O3S/c1-13-5-6-15(11-18(13)22)26-19(12-29-17-9-7-16(28-4)8-10-17)24-25-21(26)30-14(2)20(27)23-3/h5-11,14H,12H2,1-4H3,(H,23,27). The molecule has 1 aromatic heterocycles. The number of carbonyl (C=O) groups is 1. The Morgan fingerprint density at radius 3 is 2.53 bits per heavy atom. The number of aryl methyl sites for hydroxylation is 1. The summed E-state index contributed by atoms with van der Waals surface area (Å²) in [5.74, 6) is 1.94. The topological polar surface area (TPSA) is 78.3 Å². The summed E-state index contributed by atoms with van der Waals surface area (Å²) in [6, 6.07) is 13.0. The third kappa shape index (κ3) is 5.06. The van der Waals surface area contributed by atoms with E-state index in [1.165, 1.54) is 11.8 Å². The average molecular weight is 447 g/mol. The number of aromatic nitrogens is 3. The van der Waals surface area contributed by atoms with Crippen molar-refractivity contribution in [1.29, 1.82) is 0 Å². The van der Waals surface area contributed by atoms with Crippen LogP contribution in [0, 0.1) is 6.92 Å². The Kier molecular flexibility index (Phi) is 7.23. The molecule has 0 saturated heterocycles. The predicted octanol–water partition coefficient (Wildman–Crippen LogP) is 4.04. The molecule has 0 fully saturated rings. The Labute approximate surface area is 184 Å². The van der Waals surface area contributed by atoms with Crippen molar-refractivity contribution in [2.24, 2.45) is 0 Å². The van der Waals surface area contributed by atoms with E-state index in [0.29, 0.717) is 21.8 Å². The van der Waals surface area contributed by atoms with Gasteiger partial charge in [0.05, 0.1) is 18.0 Å². The Morgan fingerprint density at radius 1 is 1.20 bits per heavy atom. The van der Waals surface area contributed by atoms with Gasteiger partial charge >= 0.3 is 0 Å². The molecule has 7 nitrogen and oxygen atoms in total. The number of methoxy groups -OCH3 is 1. The summed E-state index contributed by atoms with van der Waals surface area (Å²) in [5, 5.41) is 12.1. The lowest BCUT2D eigenvalue weighted by Crippen LogP contribution is -2.27. The van der Waals surface area contributed by atoms with Crippen molar-refractivity contribution >= 4 is 29.3 Å². The van der Waals surface area contributed by atoms with Crippen LogP contribution in [0.2, 0.25) is 5.02 Å². The summed E-state index contributed by atoms with van der Waals surface area (Å²) in [5.41, 5.74) is 1.77. The molecule has 158 valence electrons. The summed E-state index contributed by atoms with van der Waals surface area (Å²) in [7, 11) is 3.22. The first-order valence-corrected chi connectivity index (χ1v) is 10.5. The number of amides is 1. The molecule has 0 aliphatic heterocycles. The number of hydrogen-bond donors (Lipinski definition) is 1. The second-order valence-corrected chi connectivity index (χ2v) is 8.22. The van der Waals surface area contributed by atoms with E-state index in [0.717, 1.165) is 17.0 Å². The molecule has 2 aromatic carbocycles. The number of hydrogen-bond acceptors (Lipinski definition) is 6. The first-order chi connectivity index (χ1) is 14.4. The van der Waals surface area contributed by atoms with Crippen LogP contribution in [0.3, 0.4) is 0 Å². The maximum Gasteiger partial charge on any atom is 0.233 e. The second kappa shape index (κ2) is 9.86. The van der Waals surface area contributed by atoms with Gasteiger partial charge in [0.1, 0.15) is 18.1 Å². The van der Waals surface area contributed by atoms with Gasteiger partial charge in [-0.15, -0.1) is 10.2 Å². The summed E-state index contributed by atoms with van der Waals surface area (Å²) < 4.78 is 12.9. The van der Waals surface area contributed by atoms with Crippen molar-refractivity contribution in [1.82, 2.24) is 20.1 Å². The fourth-order valence-corrected chi connectivity index (χ4v) is 3.81. The van der Waals surface area contributed by atoms with E-state index in [1.54, 1.807) is 14.2 Å². The van der Waals surface area contributed by atoms with Crippen LogP contribution in [0.15, 0.2) is 47.6 Å². The van der Waals surface area contributed by atoms with Gasteiger partial charge in [-0.25, -0.2) is 0 Å². The highest BCUT2D eigenvalue weighted by atomic mass is 35.5. The first kappa shape index (κ1) is 22.0. The van der Waals surface area contributed by atoms with E-state index in [-0.39, 0.29) is 17.8 Å². The molecule has 1 heterocycles. The molecule has 0 spiro atoms. The normalized spacial score (nSPS) is 11.8. The monoisotopic (exact) mass is 446 g/mol. The minimum absolute atomic E-state index is 0.0903. The molecular formula is C21H23ClN4O3S. The van der Waals surface area contributed by atoms with Crippen molar-refractivity contribution in [3.05, 3.63) is 58.9 Å². The minimum Gasteiger partial charge on any atom is -0.497 e. The SMILES string of the molecule is CNC(=O)C(C)Sc1nnc(COc2ccc(OC)cc2)n1-c1ccc(C)c(Cl)c1. The first-order valence-electron chi connectivity index (χ1n) is 9.29. The molecule has 0 bridgehead atoms. The lowest BCUT2D eigenvalue weighted by atomic mass is 10.2. The highest BCUT2D eigenvalue weighted by Crippen LogP contribution is 2.28. The Balaban J connectivity index is 1.91. The number of thioether (sulfide) groups is 1. The number of benzene rings is 2. The van der Waals surface area contributed by atoms with Gasteiger partial charge in [-0.05, 0) is 55.8 Å². The Morgan fingerprint density at radius 2 is 1.90 bits per heavy atom. The molecule has 3 aromatic rings. The molecule has 1 atom stereocenters. The molecule has 0 radical (unpaired) electrons. The van der Waals surface area contributed by atoms with Crippen LogP contribution in [0.4, 0.5) is 0 Å². The largest absolute Gasteiger partial charge is 0.497 e. The molecule has 1 amide bonds. The van der Waals surface area contributed by atoms with Crippen LogP contribution in [0.1, 0.15) is 18.3 Å². The van der Waals surface area contributed by atoms with Gasteiger partial charge in [0.15, 0.2) is 11.0 Å². The van der Waals surface area contributed by atoms with E-state index in [2.05, 4.69) is 15.5 Å². The predicted molar refractivity (Wildman–Crippen MR) is 118 cm³/mol. The van der Waals surface area contributed by atoms with E-state index in [4.69, 9.17) is 21.1 Å². The molecule has 1 unspecified atom stereocenters. The molecule has 30 heavy (non-hydrogen) atoms. The molecule has 0 aliphatic rings. The van der Waals surface area contributed by atoms with Crippen LogP contribution >= 0.6 is 23.4 Å². The summed E-state index contributed by atoms with van der Waals surface area (Å²) in [6.45, 7) is 3.95.